The van der Waals surface area contributed by atoms with Crippen LogP contribution in [0, 0.1) is 0 Å². The summed E-state index contributed by atoms with van der Waals surface area (Å²) in [7, 11) is 0. The Balaban J connectivity index is 2.45. The fraction of sp³-hybridized carbons (Fsp3) is 0.300. The van der Waals surface area contributed by atoms with E-state index in [1.54, 1.807) is 6.07 Å². The summed E-state index contributed by atoms with van der Waals surface area (Å²) in [5, 5.41) is 6.22. The van der Waals surface area contributed by atoms with Crippen molar-refractivity contribution in [3.8, 4) is 0 Å². The van der Waals surface area contributed by atoms with Crippen molar-refractivity contribution in [2.45, 2.75) is 19.4 Å². The molecule has 0 bridgehead atoms. The Bertz CT molecular complexity index is 378. The van der Waals surface area contributed by atoms with Gasteiger partial charge in [-0.1, -0.05) is 24.6 Å². The van der Waals surface area contributed by atoms with E-state index in [1.165, 1.54) is 0 Å². The SMILES string of the molecule is CCC1NC(=O)Nc2cc(Cl)ccc21. The van der Waals surface area contributed by atoms with Crippen molar-refractivity contribution < 1.29 is 4.79 Å². The van der Waals surface area contributed by atoms with E-state index in [-0.39, 0.29) is 12.1 Å². The van der Waals surface area contributed by atoms with Gasteiger partial charge in [0.2, 0.25) is 0 Å². The minimum Gasteiger partial charge on any atom is -0.331 e. The molecule has 74 valence electrons. The van der Waals surface area contributed by atoms with E-state index in [0.717, 1.165) is 17.7 Å². The second-order valence-corrected chi connectivity index (χ2v) is 3.73. The maximum Gasteiger partial charge on any atom is 0.319 e. The number of anilines is 1. The first-order chi connectivity index (χ1) is 6.70. The number of fused-ring (bicyclic) bond motifs is 1. The number of amides is 2. The van der Waals surface area contributed by atoms with Crippen LogP contribution in [0.4, 0.5) is 10.5 Å². The first kappa shape index (κ1) is 9.34. The highest BCUT2D eigenvalue weighted by Crippen LogP contribution is 2.30. The molecule has 2 amide bonds. The summed E-state index contributed by atoms with van der Waals surface area (Å²) in [4.78, 5) is 11.2. The van der Waals surface area contributed by atoms with Gasteiger partial charge in [-0.3, -0.25) is 0 Å². The van der Waals surface area contributed by atoms with Gasteiger partial charge >= 0.3 is 6.03 Å². The van der Waals surface area contributed by atoms with Crippen LogP contribution in [-0.2, 0) is 0 Å². The topological polar surface area (TPSA) is 41.1 Å². The van der Waals surface area contributed by atoms with Gasteiger partial charge in [-0.2, -0.15) is 0 Å². The molecule has 14 heavy (non-hydrogen) atoms. The summed E-state index contributed by atoms with van der Waals surface area (Å²) in [6, 6.07) is 5.49. The molecule has 1 aliphatic rings. The van der Waals surface area contributed by atoms with Crippen LogP contribution in [0.15, 0.2) is 18.2 Å². The number of hydrogen-bond acceptors (Lipinski definition) is 1. The molecule has 1 heterocycles. The van der Waals surface area contributed by atoms with Crippen molar-refractivity contribution >= 4 is 23.3 Å². The highest BCUT2D eigenvalue weighted by Gasteiger charge is 2.22. The summed E-state index contributed by atoms with van der Waals surface area (Å²) >= 11 is 5.84. The molecule has 1 aromatic carbocycles. The van der Waals surface area contributed by atoms with Gasteiger partial charge < -0.3 is 10.6 Å². The zero-order chi connectivity index (χ0) is 10.1. The molecule has 0 radical (unpaired) electrons. The lowest BCUT2D eigenvalue weighted by molar-refractivity contribution is 0.247. The zero-order valence-corrected chi connectivity index (χ0v) is 8.56. The molecule has 3 nitrogen and oxygen atoms in total. The van der Waals surface area contributed by atoms with E-state index < -0.39 is 0 Å². The van der Waals surface area contributed by atoms with Gasteiger partial charge in [0.05, 0.1) is 6.04 Å². The lowest BCUT2D eigenvalue weighted by Gasteiger charge is -2.26. The predicted molar refractivity (Wildman–Crippen MR) is 56.6 cm³/mol. The molecular formula is C10H11ClN2O. The number of carbonyl (C=O) groups is 1. The first-order valence-corrected chi connectivity index (χ1v) is 4.95. The minimum absolute atomic E-state index is 0.0935. The Morgan fingerprint density at radius 3 is 3.00 bits per heavy atom. The Morgan fingerprint density at radius 2 is 2.29 bits per heavy atom. The second-order valence-electron chi connectivity index (χ2n) is 3.29. The van der Waals surface area contributed by atoms with Crippen LogP contribution in [0.25, 0.3) is 0 Å². The normalized spacial score (nSPS) is 19.6. The molecule has 0 fully saturated rings. The van der Waals surface area contributed by atoms with Gasteiger partial charge in [0.1, 0.15) is 0 Å². The van der Waals surface area contributed by atoms with Crippen molar-refractivity contribution in [2.75, 3.05) is 5.32 Å². The van der Waals surface area contributed by atoms with Gasteiger partial charge in [0.15, 0.2) is 0 Å². The van der Waals surface area contributed by atoms with E-state index in [4.69, 9.17) is 11.6 Å². The van der Waals surface area contributed by atoms with Gasteiger partial charge in [0.25, 0.3) is 0 Å². The standard InChI is InChI=1S/C10H11ClN2O/c1-2-8-7-4-3-6(11)5-9(7)13-10(14)12-8/h3-5,8H,2H2,1H3,(H2,12,13,14). The van der Waals surface area contributed by atoms with Crippen LogP contribution >= 0.6 is 11.6 Å². The molecule has 1 aliphatic heterocycles. The molecule has 0 aliphatic carbocycles. The van der Waals surface area contributed by atoms with Crippen LogP contribution < -0.4 is 10.6 Å². The summed E-state index contributed by atoms with van der Waals surface area (Å²) < 4.78 is 0. The molecular weight excluding hydrogens is 200 g/mol. The fourth-order valence-electron chi connectivity index (χ4n) is 1.66. The predicted octanol–water partition coefficient (Wildman–Crippen LogP) is 2.93. The first-order valence-electron chi connectivity index (χ1n) is 4.57. The highest BCUT2D eigenvalue weighted by molar-refractivity contribution is 6.31. The van der Waals surface area contributed by atoms with Crippen LogP contribution in [0.3, 0.4) is 0 Å². The van der Waals surface area contributed by atoms with E-state index in [2.05, 4.69) is 10.6 Å². The van der Waals surface area contributed by atoms with Crippen molar-refractivity contribution in [1.29, 1.82) is 0 Å². The smallest absolute Gasteiger partial charge is 0.319 e. The van der Waals surface area contributed by atoms with E-state index in [0.29, 0.717) is 5.02 Å². The van der Waals surface area contributed by atoms with E-state index >= 15 is 0 Å². The van der Waals surface area contributed by atoms with E-state index in [1.807, 2.05) is 19.1 Å². The average molecular weight is 211 g/mol. The minimum atomic E-state index is -0.161. The molecule has 0 saturated heterocycles. The van der Waals surface area contributed by atoms with Gasteiger partial charge in [0, 0.05) is 10.7 Å². The maximum absolute atomic E-state index is 11.2. The third kappa shape index (κ3) is 1.55. The Morgan fingerprint density at radius 1 is 1.50 bits per heavy atom. The Kier molecular flexibility index (Phi) is 2.33. The molecule has 2 N–H and O–H groups in total. The highest BCUT2D eigenvalue weighted by atomic mass is 35.5. The van der Waals surface area contributed by atoms with Crippen LogP contribution in [0.5, 0.6) is 0 Å². The lowest BCUT2D eigenvalue weighted by Crippen LogP contribution is -2.37. The summed E-state index contributed by atoms with van der Waals surface area (Å²) in [6.07, 6.45) is 0.877. The largest absolute Gasteiger partial charge is 0.331 e. The molecule has 0 spiro atoms. The van der Waals surface area contributed by atoms with E-state index in [9.17, 15) is 4.79 Å². The maximum atomic E-state index is 11.2. The molecule has 1 aromatic rings. The van der Waals surface area contributed by atoms with Gasteiger partial charge in [-0.15, -0.1) is 0 Å². The number of carbonyl (C=O) groups excluding carboxylic acids is 1. The quantitative estimate of drug-likeness (QED) is 0.735. The summed E-state index contributed by atoms with van der Waals surface area (Å²) in [6.45, 7) is 2.04. The summed E-state index contributed by atoms with van der Waals surface area (Å²) in [5.74, 6) is 0. The van der Waals surface area contributed by atoms with Gasteiger partial charge in [-0.25, -0.2) is 4.79 Å². The Hall–Kier alpha value is -1.22. The fourth-order valence-corrected chi connectivity index (χ4v) is 1.83. The third-order valence-electron chi connectivity index (χ3n) is 2.35. The average Bonchev–Trinajstić information content (AvgIpc) is 2.15. The number of urea groups is 1. The monoisotopic (exact) mass is 210 g/mol. The van der Waals surface area contributed by atoms with Crippen molar-refractivity contribution in [3.05, 3.63) is 28.8 Å². The van der Waals surface area contributed by atoms with Crippen LogP contribution in [0.2, 0.25) is 5.02 Å². The summed E-state index contributed by atoms with van der Waals surface area (Å²) in [5.41, 5.74) is 1.91. The second kappa shape index (κ2) is 3.50. The van der Waals surface area contributed by atoms with Crippen molar-refractivity contribution in [1.82, 2.24) is 5.32 Å². The molecule has 0 aromatic heterocycles. The molecule has 2 rings (SSSR count). The molecule has 4 heteroatoms. The molecule has 1 atom stereocenters. The Labute approximate surface area is 87.4 Å². The zero-order valence-electron chi connectivity index (χ0n) is 7.80. The molecule has 0 saturated carbocycles. The number of rotatable bonds is 1. The van der Waals surface area contributed by atoms with Gasteiger partial charge in [-0.05, 0) is 24.1 Å². The number of hydrogen-bond donors (Lipinski definition) is 2. The number of nitrogens with one attached hydrogen (secondary N) is 2. The number of halogens is 1. The van der Waals surface area contributed by atoms with Crippen LogP contribution in [0.1, 0.15) is 24.9 Å². The van der Waals surface area contributed by atoms with Crippen LogP contribution in [-0.4, -0.2) is 6.03 Å². The lowest BCUT2D eigenvalue weighted by atomic mass is 10.0. The van der Waals surface area contributed by atoms with Crippen molar-refractivity contribution in [2.24, 2.45) is 0 Å². The third-order valence-corrected chi connectivity index (χ3v) is 2.59. The van der Waals surface area contributed by atoms with Crippen molar-refractivity contribution in [3.63, 3.8) is 0 Å². The number of benzene rings is 1. The molecule has 1 unspecified atom stereocenters.